The van der Waals surface area contributed by atoms with Crippen LogP contribution in [0.25, 0.3) is 43.2 Å². The third-order valence-corrected chi connectivity index (χ3v) is 7.59. The van der Waals surface area contributed by atoms with Gasteiger partial charge in [0.25, 0.3) is 0 Å². The highest BCUT2D eigenvalue weighted by Crippen LogP contribution is 2.39. The van der Waals surface area contributed by atoms with Crippen LogP contribution < -0.4 is 10.6 Å². The second kappa shape index (κ2) is 8.43. The third-order valence-electron chi connectivity index (χ3n) is 6.47. The second-order valence-corrected chi connectivity index (χ2v) is 10.00. The Morgan fingerprint density at radius 3 is 1.60 bits per heavy atom. The summed E-state index contributed by atoms with van der Waals surface area (Å²) in [7, 11) is 0. The number of nitrogens with zero attached hydrogens (tertiary/aromatic N) is 2. The molecule has 35 heavy (non-hydrogen) atoms. The van der Waals surface area contributed by atoms with E-state index in [1.165, 1.54) is 0 Å². The average Bonchev–Trinajstić information content (AvgIpc) is 3.66. The van der Waals surface area contributed by atoms with Crippen LogP contribution in [0.3, 0.4) is 0 Å². The van der Waals surface area contributed by atoms with E-state index in [0.29, 0.717) is 0 Å². The predicted molar refractivity (Wildman–Crippen MR) is 143 cm³/mol. The van der Waals surface area contributed by atoms with Gasteiger partial charge in [0.1, 0.15) is 34.4 Å². The lowest BCUT2D eigenvalue weighted by molar-refractivity contribution is 0.633. The number of thiophene rings is 1. The van der Waals surface area contributed by atoms with Gasteiger partial charge in [0.05, 0.1) is 9.75 Å². The monoisotopic (exact) mass is 480 g/mol. The summed E-state index contributed by atoms with van der Waals surface area (Å²) >= 11 is 1.67. The lowest BCUT2D eigenvalue weighted by Crippen LogP contribution is -2.30. The number of furan rings is 2. The van der Waals surface area contributed by atoms with Gasteiger partial charge in [-0.1, -0.05) is 24.3 Å². The van der Waals surface area contributed by atoms with Gasteiger partial charge < -0.3 is 19.5 Å². The van der Waals surface area contributed by atoms with Crippen LogP contribution in [0.15, 0.2) is 79.5 Å². The van der Waals surface area contributed by atoms with Crippen LogP contribution in [0.4, 0.5) is 0 Å². The molecular formula is C28H24N4O2S. The van der Waals surface area contributed by atoms with Crippen LogP contribution in [-0.4, -0.2) is 37.9 Å². The van der Waals surface area contributed by atoms with E-state index in [2.05, 4.69) is 81.3 Å². The van der Waals surface area contributed by atoms with Crippen molar-refractivity contribution in [2.75, 3.05) is 26.2 Å². The number of hydrogen-bond donors (Lipinski definition) is 2. The van der Waals surface area contributed by atoms with Crippen molar-refractivity contribution in [2.45, 2.75) is 12.8 Å². The topological polar surface area (TPSA) is 75.1 Å². The maximum Gasteiger partial charge on any atom is 0.145 e. The Balaban J connectivity index is 1.18. The fourth-order valence-electron chi connectivity index (χ4n) is 4.65. The maximum atomic E-state index is 6.25. The normalized spacial score (nSPS) is 16.1. The molecule has 7 heteroatoms. The zero-order valence-electron chi connectivity index (χ0n) is 19.1. The lowest BCUT2D eigenvalue weighted by atomic mass is 10.1. The highest BCUT2D eigenvalue weighted by Gasteiger charge is 2.16. The van der Waals surface area contributed by atoms with Gasteiger partial charge in [-0.15, -0.1) is 11.3 Å². The Kier molecular flexibility index (Phi) is 4.94. The summed E-state index contributed by atoms with van der Waals surface area (Å²) in [5, 5.41) is 8.94. The Hall–Kier alpha value is -3.84. The summed E-state index contributed by atoms with van der Waals surface area (Å²) in [4.78, 5) is 11.4. The smallest absolute Gasteiger partial charge is 0.145 e. The van der Waals surface area contributed by atoms with Gasteiger partial charge in [0.2, 0.25) is 0 Å². The molecule has 2 aliphatic rings. The molecular weight excluding hydrogens is 456 g/mol. The van der Waals surface area contributed by atoms with Gasteiger partial charge in [-0.05, 0) is 49.2 Å². The predicted octanol–water partition coefficient (Wildman–Crippen LogP) is 6.05. The molecule has 0 atom stereocenters. The molecule has 3 aromatic heterocycles. The van der Waals surface area contributed by atoms with Crippen LogP contribution in [0.2, 0.25) is 0 Å². The zero-order valence-corrected chi connectivity index (χ0v) is 20.0. The molecule has 174 valence electrons. The molecule has 0 unspecified atom stereocenters. The van der Waals surface area contributed by atoms with Crippen molar-refractivity contribution in [2.24, 2.45) is 9.98 Å². The summed E-state index contributed by atoms with van der Waals surface area (Å²) in [6.45, 7) is 3.67. The maximum absolute atomic E-state index is 6.25. The van der Waals surface area contributed by atoms with Crippen LogP contribution >= 0.6 is 11.3 Å². The van der Waals surface area contributed by atoms with Crippen molar-refractivity contribution in [1.82, 2.24) is 10.6 Å². The summed E-state index contributed by atoms with van der Waals surface area (Å²) < 4.78 is 12.5. The zero-order chi connectivity index (χ0) is 23.2. The number of benzene rings is 2. The molecule has 0 saturated carbocycles. The van der Waals surface area contributed by atoms with E-state index in [1.807, 2.05) is 0 Å². The number of hydrogen-bond acceptors (Lipinski definition) is 7. The molecule has 2 N–H and O–H groups in total. The highest BCUT2D eigenvalue weighted by atomic mass is 32.1. The molecule has 0 bridgehead atoms. The van der Waals surface area contributed by atoms with E-state index in [9.17, 15) is 0 Å². The first-order valence-electron chi connectivity index (χ1n) is 12.1. The van der Waals surface area contributed by atoms with Crippen molar-refractivity contribution >= 4 is 44.9 Å². The van der Waals surface area contributed by atoms with Crippen LogP contribution in [0.1, 0.15) is 24.0 Å². The van der Waals surface area contributed by atoms with Crippen molar-refractivity contribution in [3.05, 3.63) is 71.8 Å². The minimum absolute atomic E-state index is 0.867. The number of aliphatic imine (C=N–C) groups is 2. The largest absolute Gasteiger partial charge is 0.455 e. The first-order chi connectivity index (χ1) is 17.3. The summed E-state index contributed by atoms with van der Waals surface area (Å²) in [5.74, 6) is 3.64. The van der Waals surface area contributed by atoms with Crippen molar-refractivity contribution in [3.8, 4) is 21.3 Å². The van der Waals surface area contributed by atoms with E-state index in [-0.39, 0.29) is 0 Å². The molecule has 0 saturated heterocycles. The number of nitrogens with one attached hydrogen (secondary N) is 2. The molecule has 0 aliphatic carbocycles. The SMILES string of the molecule is c1cc2cc(-c3ccc(-c4cc5ccc(C6=NCCCN6)cc5o4)s3)oc2cc1C1=NCCCN1. The standard InChI is InChI=1S/C28H24N4O2S/c1-9-29-27(30-10-1)19-5-3-17-13-23(33-21(17)15-19)25-7-8-26(35-25)24-14-18-4-6-20(16-22(18)34-24)28-31-11-2-12-32-28/h3-8,13-16H,1-2,9-12H2,(H,29,30)(H,31,32). The molecule has 5 aromatic rings. The summed E-state index contributed by atoms with van der Waals surface area (Å²) in [5.41, 5.74) is 3.89. The van der Waals surface area contributed by atoms with E-state index >= 15 is 0 Å². The van der Waals surface area contributed by atoms with E-state index in [1.54, 1.807) is 11.3 Å². The Morgan fingerprint density at radius 1 is 0.629 bits per heavy atom. The fraction of sp³-hybridized carbons (Fsp3) is 0.214. The fourth-order valence-corrected chi connectivity index (χ4v) is 5.57. The molecule has 2 aromatic carbocycles. The minimum Gasteiger partial charge on any atom is -0.455 e. The number of rotatable bonds is 4. The van der Waals surface area contributed by atoms with Crippen LogP contribution in [-0.2, 0) is 0 Å². The molecule has 0 spiro atoms. The molecule has 0 fully saturated rings. The molecule has 6 nitrogen and oxygen atoms in total. The Bertz CT molecular complexity index is 1500. The van der Waals surface area contributed by atoms with Gasteiger partial charge >= 0.3 is 0 Å². The van der Waals surface area contributed by atoms with Gasteiger partial charge in [-0.3, -0.25) is 9.98 Å². The first-order valence-corrected chi connectivity index (χ1v) is 12.9. The van der Waals surface area contributed by atoms with Gasteiger partial charge in [-0.2, -0.15) is 0 Å². The minimum atomic E-state index is 0.867. The van der Waals surface area contributed by atoms with E-state index in [0.717, 1.165) is 105 Å². The molecule has 5 heterocycles. The average molecular weight is 481 g/mol. The Labute approximate surface area is 206 Å². The Morgan fingerprint density at radius 2 is 1.14 bits per heavy atom. The van der Waals surface area contributed by atoms with Crippen molar-refractivity contribution in [3.63, 3.8) is 0 Å². The van der Waals surface area contributed by atoms with Crippen molar-refractivity contribution < 1.29 is 8.83 Å². The van der Waals surface area contributed by atoms with Crippen LogP contribution in [0.5, 0.6) is 0 Å². The number of fused-ring (bicyclic) bond motifs is 2. The highest BCUT2D eigenvalue weighted by molar-refractivity contribution is 7.18. The number of amidine groups is 2. The summed E-state index contributed by atoms with van der Waals surface area (Å²) in [6, 6.07) is 21.0. The molecule has 0 amide bonds. The van der Waals surface area contributed by atoms with Crippen molar-refractivity contribution in [1.29, 1.82) is 0 Å². The van der Waals surface area contributed by atoms with Crippen LogP contribution in [0, 0.1) is 0 Å². The summed E-state index contributed by atoms with van der Waals surface area (Å²) in [6.07, 6.45) is 2.16. The van der Waals surface area contributed by atoms with E-state index in [4.69, 9.17) is 8.83 Å². The van der Waals surface area contributed by atoms with Gasteiger partial charge in [-0.25, -0.2) is 0 Å². The molecule has 2 aliphatic heterocycles. The third kappa shape index (κ3) is 3.82. The molecule has 7 rings (SSSR count). The first kappa shape index (κ1) is 20.5. The van der Waals surface area contributed by atoms with Gasteiger partial charge in [0.15, 0.2) is 0 Å². The van der Waals surface area contributed by atoms with E-state index < -0.39 is 0 Å². The second-order valence-electron chi connectivity index (χ2n) is 8.91. The van der Waals surface area contributed by atoms with Gasteiger partial charge in [0, 0.05) is 48.1 Å². The quantitative estimate of drug-likeness (QED) is 0.328. The lowest BCUT2D eigenvalue weighted by Gasteiger charge is -2.14. The molecule has 0 radical (unpaired) electrons.